The van der Waals surface area contributed by atoms with Crippen molar-refractivity contribution in [2.75, 3.05) is 11.5 Å². The summed E-state index contributed by atoms with van der Waals surface area (Å²) in [5.74, 6) is -0.350. The maximum absolute atomic E-state index is 12.9. The highest BCUT2D eigenvalue weighted by Gasteiger charge is 2.37. The monoisotopic (exact) mass is 338 g/mol. The highest BCUT2D eigenvalue weighted by molar-refractivity contribution is 6.02. The molecule has 5 nitrogen and oxygen atoms in total. The predicted molar refractivity (Wildman–Crippen MR) is 96.1 cm³/mol. The van der Waals surface area contributed by atoms with Crippen molar-refractivity contribution in [2.45, 2.75) is 31.8 Å². The molecule has 1 aliphatic heterocycles. The molecule has 0 saturated carbocycles. The van der Waals surface area contributed by atoms with E-state index in [4.69, 9.17) is 0 Å². The number of carbonyl (C=O) groups is 2. The van der Waals surface area contributed by atoms with Crippen molar-refractivity contribution in [1.82, 2.24) is 5.32 Å². The van der Waals surface area contributed by atoms with E-state index in [1.54, 1.807) is 4.90 Å². The average Bonchev–Trinajstić information content (AvgIpc) is 3.02. The van der Waals surface area contributed by atoms with Gasteiger partial charge in [-0.1, -0.05) is 48.5 Å². The first-order valence-corrected chi connectivity index (χ1v) is 8.45. The lowest BCUT2D eigenvalue weighted by molar-refractivity contribution is -0.126. The molecule has 0 spiro atoms. The van der Waals surface area contributed by atoms with Crippen molar-refractivity contribution < 1.29 is 14.7 Å². The molecule has 3 rings (SSSR count). The Hall–Kier alpha value is -2.66. The van der Waals surface area contributed by atoms with E-state index < -0.39 is 6.04 Å². The predicted octanol–water partition coefficient (Wildman–Crippen LogP) is 2.20. The van der Waals surface area contributed by atoms with Gasteiger partial charge in [0.1, 0.15) is 6.04 Å². The van der Waals surface area contributed by atoms with Crippen molar-refractivity contribution >= 4 is 17.5 Å². The number of anilines is 1. The van der Waals surface area contributed by atoms with E-state index in [1.807, 2.05) is 54.6 Å². The van der Waals surface area contributed by atoms with E-state index in [9.17, 15) is 14.7 Å². The highest BCUT2D eigenvalue weighted by atomic mass is 16.3. The van der Waals surface area contributed by atoms with Gasteiger partial charge in [-0.25, -0.2) is 0 Å². The molecule has 2 atom stereocenters. The van der Waals surface area contributed by atoms with E-state index in [2.05, 4.69) is 5.32 Å². The van der Waals surface area contributed by atoms with Crippen LogP contribution in [0.2, 0.25) is 0 Å². The third kappa shape index (κ3) is 3.56. The molecule has 0 radical (unpaired) electrons. The maximum Gasteiger partial charge on any atom is 0.244 e. The second-order valence-corrected chi connectivity index (χ2v) is 6.22. The number of aliphatic hydroxyl groups is 1. The Kier molecular flexibility index (Phi) is 5.14. The number of fused-ring (bicyclic) bond motifs is 1. The Morgan fingerprint density at radius 2 is 1.84 bits per heavy atom. The van der Waals surface area contributed by atoms with Crippen LogP contribution in [0.15, 0.2) is 54.6 Å². The van der Waals surface area contributed by atoms with Gasteiger partial charge in [-0.05, 0) is 23.6 Å². The Morgan fingerprint density at radius 1 is 1.16 bits per heavy atom. The molecule has 0 saturated heterocycles. The molecule has 2 aromatic carbocycles. The van der Waals surface area contributed by atoms with Crippen molar-refractivity contribution in [3.05, 3.63) is 65.7 Å². The van der Waals surface area contributed by atoms with Crippen LogP contribution >= 0.6 is 0 Å². The zero-order valence-electron chi connectivity index (χ0n) is 14.2. The van der Waals surface area contributed by atoms with E-state index >= 15 is 0 Å². The van der Waals surface area contributed by atoms with Crippen molar-refractivity contribution in [3.8, 4) is 0 Å². The fraction of sp³-hybridized carbons (Fsp3) is 0.300. The fourth-order valence-corrected chi connectivity index (χ4v) is 3.39. The summed E-state index contributed by atoms with van der Waals surface area (Å²) < 4.78 is 0. The van der Waals surface area contributed by atoms with Crippen LogP contribution < -0.4 is 10.2 Å². The van der Waals surface area contributed by atoms with Crippen LogP contribution in [0.5, 0.6) is 0 Å². The quantitative estimate of drug-likeness (QED) is 0.878. The molecule has 0 fully saturated rings. The van der Waals surface area contributed by atoms with Crippen LogP contribution in [-0.2, 0) is 16.0 Å². The van der Waals surface area contributed by atoms with Gasteiger partial charge in [0.25, 0.3) is 0 Å². The fourth-order valence-electron chi connectivity index (χ4n) is 3.39. The molecule has 2 N–H and O–H groups in total. The van der Waals surface area contributed by atoms with Crippen LogP contribution in [-0.4, -0.2) is 29.6 Å². The second kappa shape index (κ2) is 7.49. The highest BCUT2D eigenvalue weighted by Crippen LogP contribution is 2.32. The number of hydrogen-bond acceptors (Lipinski definition) is 3. The average molecular weight is 338 g/mol. The summed E-state index contributed by atoms with van der Waals surface area (Å²) in [5, 5.41) is 12.3. The number of benzene rings is 2. The first-order chi connectivity index (χ1) is 12.1. The number of amides is 2. The molecule has 1 unspecified atom stereocenters. The van der Waals surface area contributed by atoms with Crippen LogP contribution in [0.1, 0.15) is 30.5 Å². The van der Waals surface area contributed by atoms with Gasteiger partial charge in [0.05, 0.1) is 6.04 Å². The number of para-hydroxylation sites is 1. The zero-order chi connectivity index (χ0) is 17.8. The summed E-state index contributed by atoms with van der Waals surface area (Å²) in [7, 11) is 0. The van der Waals surface area contributed by atoms with Crippen LogP contribution in [0.25, 0.3) is 0 Å². The summed E-state index contributed by atoms with van der Waals surface area (Å²) in [5.41, 5.74) is 2.74. The van der Waals surface area contributed by atoms with E-state index in [-0.39, 0.29) is 24.5 Å². The number of hydrogen-bond donors (Lipinski definition) is 2. The first kappa shape index (κ1) is 17.2. The van der Waals surface area contributed by atoms with Crippen molar-refractivity contribution in [3.63, 3.8) is 0 Å². The Balaban J connectivity index is 1.81. The van der Waals surface area contributed by atoms with Gasteiger partial charge in [0, 0.05) is 25.6 Å². The molecule has 2 aromatic rings. The summed E-state index contributed by atoms with van der Waals surface area (Å²) in [6, 6.07) is 16.3. The molecule has 1 aliphatic rings. The molecule has 0 aromatic heterocycles. The molecule has 130 valence electrons. The normalized spacial score (nSPS) is 17.0. The topological polar surface area (TPSA) is 69.6 Å². The molecular weight excluding hydrogens is 316 g/mol. The minimum Gasteiger partial charge on any atom is -0.396 e. The first-order valence-electron chi connectivity index (χ1n) is 8.45. The minimum absolute atomic E-state index is 0.0266. The van der Waals surface area contributed by atoms with Crippen LogP contribution in [0.4, 0.5) is 5.69 Å². The summed E-state index contributed by atoms with van der Waals surface area (Å²) in [4.78, 5) is 26.6. The van der Waals surface area contributed by atoms with Crippen molar-refractivity contribution in [1.29, 1.82) is 0 Å². The zero-order valence-corrected chi connectivity index (χ0v) is 14.2. The largest absolute Gasteiger partial charge is 0.396 e. The van der Waals surface area contributed by atoms with Gasteiger partial charge < -0.3 is 10.4 Å². The minimum atomic E-state index is -0.556. The SMILES string of the molecule is CC(=O)N1c2ccccc2C[C@H]1C(=O)NC(CCO)c1ccccc1. The van der Waals surface area contributed by atoms with Crippen LogP contribution in [0.3, 0.4) is 0 Å². The van der Waals surface area contributed by atoms with Crippen LogP contribution in [0, 0.1) is 0 Å². The Morgan fingerprint density at radius 3 is 2.52 bits per heavy atom. The van der Waals surface area contributed by atoms with E-state index in [0.717, 1.165) is 16.8 Å². The number of nitrogens with zero attached hydrogens (tertiary/aromatic N) is 1. The summed E-state index contributed by atoms with van der Waals surface area (Å²) >= 11 is 0. The Bertz CT molecular complexity index is 761. The molecule has 2 amide bonds. The number of carbonyl (C=O) groups excluding carboxylic acids is 2. The van der Waals surface area contributed by atoms with Gasteiger partial charge in [-0.15, -0.1) is 0 Å². The lowest BCUT2D eigenvalue weighted by Gasteiger charge is -2.26. The molecule has 0 bridgehead atoms. The van der Waals surface area contributed by atoms with Crippen molar-refractivity contribution in [2.24, 2.45) is 0 Å². The lowest BCUT2D eigenvalue weighted by Crippen LogP contribution is -2.48. The number of aliphatic hydroxyl groups excluding tert-OH is 1. The summed E-state index contributed by atoms with van der Waals surface area (Å²) in [6.07, 6.45) is 0.928. The van der Waals surface area contributed by atoms with Gasteiger partial charge in [-0.2, -0.15) is 0 Å². The standard InChI is InChI=1S/C20H22N2O3/c1-14(24)22-18-10-6-5-9-16(18)13-19(22)20(25)21-17(11-12-23)15-7-3-2-4-8-15/h2-10,17,19,23H,11-13H2,1H3,(H,21,25)/t17?,19-/m0/s1. The summed E-state index contributed by atoms with van der Waals surface area (Å²) in [6.45, 7) is 1.45. The third-order valence-corrected chi connectivity index (χ3v) is 4.55. The van der Waals surface area contributed by atoms with E-state index in [0.29, 0.717) is 12.8 Å². The molecular formula is C20H22N2O3. The number of nitrogens with one attached hydrogen (secondary N) is 1. The molecule has 0 aliphatic carbocycles. The molecule has 25 heavy (non-hydrogen) atoms. The lowest BCUT2D eigenvalue weighted by atomic mass is 10.0. The second-order valence-electron chi connectivity index (χ2n) is 6.22. The van der Waals surface area contributed by atoms with Gasteiger partial charge in [0.15, 0.2) is 0 Å². The van der Waals surface area contributed by atoms with E-state index in [1.165, 1.54) is 6.92 Å². The maximum atomic E-state index is 12.9. The number of rotatable bonds is 5. The van der Waals surface area contributed by atoms with Gasteiger partial charge in [0.2, 0.25) is 11.8 Å². The third-order valence-electron chi connectivity index (χ3n) is 4.55. The van der Waals surface area contributed by atoms with Gasteiger partial charge >= 0.3 is 0 Å². The van der Waals surface area contributed by atoms with Gasteiger partial charge in [-0.3, -0.25) is 14.5 Å². The Labute approximate surface area is 147 Å². The molecule has 5 heteroatoms. The molecule has 1 heterocycles. The smallest absolute Gasteiger partial charge is 0.244 e.